The largest absolute Gasteiger partial charge is 0.395 e. The van der Waals surface area contributed by atoms with E-state index in [1.54, 1.807) is 0 Å². The highest BCUT2D eigenvalue weighted by atomic mass is 16.5. The molecule has 2 fully saturated rings. The van der Waals surface area contributed by atoms with Gasteiger partial charge in [-0.3, -0.25) is 9.80 Å². The van der Waals surface area contributed by atoms with Crippen molar-refractivity contribution in [3.63, 3.8) is 0 Å². The van der Waals surface area contributed by atoms with Gasteiger partial charge in [-0.25, -0.2) is 0 Å². The van der Waals surface area contributed by atoms with E-state index in [4.69, 9.17) is 10.5 Å². The first kappa shape index (κ1) is 15.2. The van der Waals surface area contributed by atoms with Gasteiger partial charge in [-0.15, -0.1) is 0 Å². The summed E-state index contributed by atoms with van der Waals surface area (Å²) < 4.78 is 5.41. The molecule has 0 saturated carbocycles. The summed E-state index contributed by atoms with van der Waals surface area (Å²) in [5, 5.41) is 9.62. The predicted molar refractivity (Wildman–Crippen MR) is 76.1 cm³/mol. The van der Waals surface area contributed by atoms with Gasteiger partial charge in [0.1, 0.15) is 0 Å². The van der Waals surface area contributed by atoms with Crippen LogP contribution < -0.4 is 5.73 Å². The number of morpholine rings is 1. The maximum absolute atomic E-state index is 9.62. The molecule has 5 heteroatoms. The molecule has 2 aliphatic rings. The molecule has 0 aromatic rings. The number of rotatable bonds is 6. The second-order valence-corrected chi connectivity index (χ2v) is 5.79. The molecular formula is C14H29N3O2. The molecule has 0 spiro atoms. The number of ether oxygens (including phenoxy) is 1. The van der Waals surface area contributed by atoms with Crippen LogP contribution in [0.5, 0.6) is 0 Å². The van der Waals surface area contributed by atoms with E-state index in [1.165, 1.54) is 6.42 Å². The van der Waals surface area contributed by atoms with Crippen molar-refractivity contribution in [2.75, 3.05) is 46.0 Å². The molecular weight excluding hydrogens is 242 g/mol. The Labute approximate surface area is 116 Å². The molecule has 0 aromatic heterocycles. The topological polar surface area (TPSA) is 62.0 Å². The van der Waals surface area contributed by atoms with E-state index in [1.807, 2.05) is 0 Å². The van der Waals surface area contributed by atoms with Gasteiger partial charge in [0.25, 0.3) is 0 Å². The second kappa shape index (κ2) is 7.55. The van der Waals surface area contributed by atoms with Gasteiger partial charge in [0.15, 0.2) is 0 Å². The summed E-state index contributed by atoms with van der Waals surface area (Å²) in [4.78, 5) is 4.92. The quantitative estimate of drug-likeness (QED) is 0.705. The lowest BCUT2D eigenvalue weighted by molar-refractivity contribution is 0.0161. The smallest absolute Gasteiger partial charge is 0.0601 e. The summed E-state index contributed by atoms with van der Waals surface area (Å²) in [5.74, 6) is 0. The molecule has 2 heterocycles. The first-order valence-corrected chi connectivity index (χ1v) is 7.68. The molecule has 0 bridgehead atoms. The molecule has 112 valence electrons. The van der Waals surface area contributed by atoms with Crippen LogP contribution in [0.15, 0.2) is 0 Å². The molecule has 0 aromatic carbocycles. The number of likely N-dealkylation sites (tertiary alicyclic amines) is 1. The standard InChI is InChI=1S/C14H29N3O2/c1-2-3-13(15)14(11-18)17-5-4-12(10-17)16-6-8-19-9-7-16/h12-14,18H,2-11,15H2,1H3. The van der Waals surface area contributed by atoms with E-state index < -0.39 is 0 Å². The number of nitrogens with zero attached hydrogens (tertiary/aromatic N) is 2. The van der Waals surface area contributed by atoms with E-state index in [0.29, 0.717) is 6.04 Å². The Morgan fingerprint density at radius 3 is 2.68 bits per heavy atom. The minimum Gasteiger partial charge on any atom is -0.395 e. The van der Waals surface area contributed by atoms with E-state index in [0.717, 1.165) is 52.2 Å². The number of aliphatic hydroxyl groups is 1. The fourth-order valence-corrected chi connectivity index (χ4v) is 3.36. The van der Waals surface area contributed by atoms with E-state index in [2.05, 4.69) is 16.7 Å². The summed E-state index contributed by atoms with van der Waals surface area (Å²) in [7, 11) is 0. The molecule has 2 aliphatic heterocycles. The minimum absolute atomic E-state index is 0.0958. The van der Waals surface area contributed by atoms with Crippen molar-refractivity contribution in [1.82, 2.24) is 9.80 Å². The van der Waals surface area contributed by atoms with Crippen LogP contribution in [0.2, 0.25) is 0 Å². The highest BCUT2D eigenvalue weighted by Gasteiger charge is 2.33. The van der Waals surface area contributed by atoms with Crippen LogP contribution in [0.3, 0.4) is 0 Å². The van der Waals surface area contributed by atoms with Crippen LogP contribution in [0.25, 0.3) is 0 Å². The molecule has 0 radical (unpaired) electrons. The summed E-state index contributed by atoms with van der Waals surface area (Å²) in [5.41, 5.74) is 6.21. The van der Waals surface area contributed by atoms with Gasteiger partial charge in [0.05, 0.1) is 19.8 Å². The maximum Gasteiger partial charge on any atom is 0.0601 e. The zero-order chi connectivity index (χ0) is 13.7. The first-order chi connectivity index (χ1) is 9.26. The van der Waals surface area contributed by atoms with E-state index in [9.17, 15) is 5.11 Å². The fourth-order valence-electron chi connectivity index (χ4n) is 3.36. The summed E-state index contributed by atoms with van der Waals surface area (Å²) >= 11 is 0. The second-order valence-electron chi connectivity index (χ2n) is 5.79. The van der Waals surface area contributed by atoms with Crippen molar-refractivity contribution in [1.29, 1.82) is 0 Å². The molecule has 3 N–H and O–H groups in total. The van der Waals surface area contributed by atoms with Crippen molar-refractivity contribution in [3.8, 4) is 0 Å². The molecule has 3 unspecified atom stereocenters. The van der Waals surface area contributed by atoms with Crippen LogP contribution in [0, 0.1) is 0 Å². The van der Waals surface area contributed by atoms with Gasteiger partial charge in [-0.2, -0.15) is 0 Å². The van der Waals surface area contributed by atoms with Gasteiger partial charge in [0, 0.05) is 44.3 Å². The van der Waals surface area contributed by atoms with Crippen LogP contribution in [0.4, 0.5) is 0 Å². The summed E-state index contributed by atoms with van der Waals surface area (Å²) in [6.07, 6.45) is 3.26. The highest BCUT2D eigenvalue weighted by molar-refractivity contribution is 4.91. The monoisotopic (exact) mass is 271 g/mol. The average molecular weight is 271 g/mol. The van der Waals surface area contributed by atoms with Crippen molar-refractivity contribution in [2.24, 2.45) is 5.73 Å². The first-order valence-electron chi connectivity index (χ1n) is 7.68. The van der Waals surface area contributed by atoms with Crippen LogP contribution in [0.1, 0.15) is 26.2 Å². The Morgan fingerprint density at radius 2 is 2.05 bits per heavy atom. The molecule has 2 rings (SSSR count). The predicted octanol–water partition coefficient (Wildman–Crippen LogP) is -0.119. The van der Waals surface area contributed by atoms with E-state index >= 15 is 0 Å². The fraction of sp³-hybridized carbons (Fsp3) is 1.00. The molecule has 2 saturated heterocycles. The molecule has 19 heavy (non-hydrogen) atoms. The van der Waals surface area contributed by atoms with Gasteiger partial charge in [0.2, 0.25) is 0 Å². The van der Waals surface area contributed by atoms with Crippen molar-refractivity contribution in [2.45, 2.75) is 44.3 Å². The van der Waals surface area contributed by atoms with Crippen LogP contribution in [-0.2, 0) is 4.74 Å². The Kier molecular flexibility index (Phi) is 6.04. The highest BCUT2D eigenvalue weighted by Crippen LogP contribution is 2.20. The Morgan fingerprint density at radius 1 is 1.32 bits per heavy atom. The lowest BCUT2D eigenvalue weighted by Crippen LogP contribution is -2.51. The van der Waals surface area contributed by atoms with Gasteiger partial charge in [-0.1, -0.05) is 13.3 Å². The van der Waals surface area contributed by atoms with Gasteiger partial charge in [-0.05, 0) is 12.8 Å². The third-order valence-electron chi connectivity index (χ3n) is 4.53. The number of hydrogen-bond donors (Lipinski definition) is 2. The lowest BCUT2D eigenvalue weighted by Gasteiger charge is -2.34. The lowest BCUT2D eigenvalue weighted by atomic mass is 10.0. The molecule has 3 atom stereocenters. The molecule has 0 aliphatic carbocycles. The minimum atomic E-state index is 0.0958. The van der Waals surface area contributed by atoms with Crippen LogP contribution >= 0.6 is 0 Å². The normalized spacial score (nSPS) is 29.5. The number of hydrogen-bond acceptors (Lipinski definition) is 5. The molecule has 0 amide bonds. The SMILES string of the molecule is CCCC(N)C(CO)N1CCC(N2CCOCC2)C1. The zero-order valence-corrected chi connectivity index (χ0v) is 12.1. The number of aliphatic hydroxyl groups excluding tert-OH is 1. The average Bonchev–Trinajstić information content (AvgIpc) is 2.90. The van der Waals surface area contributed by atoms with Crippen molar-refractivity contribution < 1.29 is 9.84 Å². The van der Waals surface area contributed by atoms with Crippen molar-refractivity contribution >= 4 is 0 Å². The maximum atomic E-state index is 9.62. The van der Waals surface area contributed by atoms with Gasteiger partial charge >= 0.3 is 0 Å². The van der Waals surface area contributed by atoms with Crippen molar-refractivity contribution in [3.05, 3.63) is 0 Å². The van der Waals surface area contributed by atoms with Crippen LogP contribution in [-0.4, -0.2) is 79.0 Å². The Bertz CT molecular complexity index is 259. The molecule has 5 nitrogen and oxygen atoms in total. The third kappa shape index (κ3) is 3.89. The summed E-state index contributed by atoms with van der Waals surface area (Å²) in [6, 6.07) is 0.844. The Balaban J connectivity index is 1.85. The van der Waals surface area contributed by atoms with E-state index in [-0.39, 0.29) is 18.7 Å². The summed E-state index contributed by atoms with van der Waals surface area (Å²) in [6.45, 7) is 8.23. The van der Waals surface area contributed by atoms with Gasteiger partial charge < -0.3 is 15.6 Å². The third-order valence-corrected chi connectivity index (χ3v) is 4.53. The number of nitrogens with two attached hydrogens (primary N) is 1. The Hall–Kier alpha value is -0.200. The zero-order valence-electron chi connectivity index (χ0n) is 12.1.